The molecule has 7 nitrogen and oxygen atoms in total. The molecule has 2 aromatic heterocycles. The largest absolute Gasteiger partial charge is 0.396 e. The van der Waals surface area contributed by atoms with Gasteiger partial charge in [0.2, 0.25) is 0 Å². The molecule has 0 radical (unpaired) electrons. The first-order valence-corrected chi connectivity index (χ1v) is 6.18. The van der Waals surface area contributed by atoms with Gasteiger partial charge in [0.05, 0.1) is 29.7 Å². The Morgan fingerprint density at radius 3 is 2.89 bits per heavy atom. The minimum Gasteiger partial charge on any atom is -0.396 e. The molecule has 3 N–H and O–H groups in total. The SMILES string of the molecule is CCc1nn(C)cc1C(=O)NCCn1cc(N)cn1. The highest BCUT2D eigenvalue weighted by Crippen LogP contribution is 2.06. The Kier molecular flexibility index (Phi) is 3.84. The van der Waals surface area contributed by atoms with Crippen LogP contribution >= 0.6 is 0 Å². The van der Waals surface area contributed by atoms with E-state index in [4.69, 9.17) is 5.73 Å². The molecular weight excluding hydrogens is 244 g/mol. The molecule has 0 fully saturated rings. The lowest BCUT2D eigenvalue weighted by molar-refractivity contribution is 0.0951. The van der Waals surface area contributed by atoms with Crippen molar-refractivity contribution in [3.8, 4) is 0 Å². The maximum atomic E-state index is 12.0. The van der Waals surface area contributed by atoms with Crippen LogP contribution in [0, 0.1) is 0 Å². The van der Waals surface area contributed by atoms with Crippen molar-refractivity contribution in [1.82, 2.24) is 24.9 Å². The van der Waals surface area contributed by atoms with Gasteiger partial charge in [0.1, 0.15) is 0 Å². The van der Waals surface area contributed by atoms with Gasteiger partial charge in [0.15, 0.2) is 0 Å². The van der Waals surface area contributed by atoms with Crippen molar-refractivity contribution in [2.24, 2.45) is 7.05 Å². The molecule has 1 amide bonds. The number of amides is 1. The molecule has 0 saturated heterocycles. The highest BCUT2D eigenvalue weighted by atomic mass is 16.1. The normalized spacial score (nSPS) is 10.6. The second kappa shape index (κ2) is 5.55. The Morgan fingerprint density at radius 2 is 2.26 bits per heavy atom. The Hall–Kier alpha value is -2.31. The van der Waals surface area contributed by atoms with Gasteiger partial charge in [-0.25, -0.2) is 0 Å². The van der Waals surface area contributed by atoms with Crippen molar-refractivity contribution in [3.63, 3.8) is 0 Å². The van der Waals surface area contributed by atoms with Crippen LogP contribution in [0.3, 0.4) is 0 Å². The molecule has 0 aromatic carbocycles. The summed E-state index contributed by atoms with van der Waals surface area (Å²) in [6.45, 7) is 3.06. The average molecular weight is 262 g/mol. The van der Waals surface area contributed by atoms with E-state index in [0.717, 1.165) is 12.1 Å². The lowest BCUT2D eigenvalue weighted by Gasteiger charge is -2.04. The summed E-state index contributed by atoms with van der Waals surface area (Å²) in [5.41, 5.74) is 7.62. The minimum absolute atomic E-state index is 0.106. The Bertz CT molecular complexity index is 571. The molecule has 0 atom stereocenters. The molecule has 0 aliphatic rings. The van der Waals surface area contributed by atoms with Gasteiger partial charge in [-0.05, 0) is 6.42 Å². The lowest BCUT2D eigenvalue weighted by Crippen LogP contribution is -2.27. The quantitative estimate of drug-likeness (QED) is 0.804. The predicted molar refractivity (Wildman–Crippen MR) is 71.6 cm³/mol. The van der Waals surface area contributed by atoms with Gasteiger partial charge in [0, 0.05) is 26.0 Å². The Labute approximate surface area is 111 Å². The standard InChI is InChI=1S/C12H18N6O/c1-3-11-10(8-17(2)16-11)12(19)14-4-5-18-7-9(13)6-15-18/h6-8H,3-5,13H2,1-2H3,(H,14,19). The molecule has 102 valence electrons. The fourth-order valence-electron chi connectivity index (χ4n) is 1.87. The van der Waals surface area contributed by atoms with Crippen LogP contribution in [-0.4, -0.2) is 32.0 Å². The summed E-state index contributed by atoms with van der Waals surface area (Å²) in [5, 5.41) is 11.1. The summed E-state index contributed by atoms with van der Waals surface area (Å²) in [7, 11) is 1.81. The summed E-state index contributed by atoms with van der Waals surface area (Å²) in [4.78, 5) is 12.0. The zero-order chi connectivity index (χ0) is 13.8. The number of aryl methyl sites for hydroxylation is 2. The summed E-state index contributed by atoms with van der Waals surface area (Å²) < 4.78 is 3.35. The van der Waals surface area contributed by atoms with Gasteiger partial charge < -0.3 is 11.1 Å². The van der Waals surface area contributed by atoms with Gasteiger partial charge in [0.25, 0.3) is 5.91 Å². The monoisotopic (exact) mass is 262 g/mol. The number of nitrogens with two attached hydrogens (primary N) is 1. The summed E-state index contributed by atoms with van der Waals surface area (Å²) >= 11 is 0. The first kappa shape index (κ1) is 13.1. The molecule has 0 aliphatic carbocycles. The average Bonchev–Trinajstić information content (AvgIpc) is 2.95. The van der Waals surface area contributed by atoms with Gasteiger partial charge in [-0.3, -0.25) is 14.2 Å². The molecule has 2 rings (SSSR count). The van der Waals surface area contributed by atoms with Crippen molar-refractivity contribution < 1.29 is 4.79 Å². The Balaban J connectivity index is 1.90. The van der Waals surface area contributed by atoms with Crippen molar-refractivity contribution in [2.45, 2.75) is 19.9 Å². The number of hydrogen-bond donors (Lipinski definition) is 2. The smallest absolute Gasteiger partial charge is 0.254 e. The summed E-state index contributed by atoms with van der Waals surface area (Å²) in [6, 6.07) is 0. The fraction of sp³-hybridized carbons (Fsp3) is 0.417. The molecule has 0 unspecified atom stereocenters. The topological polar surface area (TPSA) is 90.8 Å². The maximum Gasteiger partial charge on any atom is 0.254 e. The third-order valence-electron chi connectivity index (χ3n) is 2.76. The van der Waals surface area contributed by atoms with E-state index < -0.39 is 0 Å². The van der Waals surface area contributed by atoms with E-state index in [0.29, 0.717) is 24.3 Å². The highest BCUT2D eigenvalue weighted by Gasteiger charge is 2.13. The van der Waals surface area contributed by atoms with Crippen molar-refractivity contribution >= 4 is 11.6 Å². The van der Waals surface area contributed by atoms with Crippen molar-refractivity contribution in [1.29, 1.82) is 0 Å². The predicted octanol–water partition coefficient (Wildman–Crippen LogP) is 0.191. The molecule has 0 spiro atoms. The van der Waals surface area contributed by atoms with E-state index >= 15 is 0 Å². The summed E-state index contributed by atoms with van der Waals surface area (Å²) in [6.07, 6.45) is 5.78. The second-order valence-electron chi connectivity index (χ2n) is 4.31. The molecule has 2 heterocycles. The van der Waals surface area contributed by atoms with E-state index in [2.05, 4.69) is 15.5 Å². The maximum absolute atomic E-state index is 12.0. The van der Waals surface area contributed by atoms with Crippen LogP contribution in [0.15, 0.2) is 18.6 Å². The lowest BCUT2D eigenvalue weighted by atomic mass is 10.2. The van der Waals surface area contributed by atoms with Gasteiger partial charge in [-0.15, -0.1) is 0 Å². The van der Waals surface area contributed by atoms with Crippen LogP contribution < -0.4 is 11.1 Å². The number of hydrogen-bond acceptors (Lipinski definition) is 4. The van der Waals surface area contributed by atoms with Crippen LogP contribution in [-0.2, 0) is 20.0 Å². The van der Waals surface area contributed by atoms with E-state index in [1.165, 1.54) is 0 Å². The number of nitrogen functional groups attached to an aromatic ring is 1. The molecule has 0 saturated carbocycles. The number of carbonyl (C=O) groups is 1. The van der Waals surface area contributed by atoms with Crippen LogP contribution in [0.25, 0.3) is 0 Å². The molecule has 19 heavy (non-hydrogen) atoms. The van der Waals surface area contributed by atoms with E-state index in [-0.39, 0.29) is 5.91 Å². The zero-order valence-corrected chi connectivity index (χ0v) is 11.1. The molecular formula is C12H18N6O. The van der Waals surface area contributed by atoms with Crippen molar-refractivity contribution in [3.05, 3.63) is 29.8 Å². The molecule has 0 aliphatic heterocycles. The number of rotatable bonds is 5. The highest BCUT2D eigenvalue weighted by molar-refractivity contribution is 5.95. The van der Waals surface area contributed by atoms with Gasteiger partial charge in [-0.2, -0.15) is 10.2 Å². The van der Waals surface area contributed by atoms with E-state index in [1.54, 1.807) is 28.0 Å². The van der Waals surface area contributed by atoms with Crippen molar-refractivity contribution in [2.75, 3.05) is 12.3 Å². The third-order valence-corrected chi connectivity index (χ3v) is 2.76. The molecule has 2 aromatic rings. The second-order valence-corrected chi connectivity index (χ2v) is 4.31. The van der Waals surface area contributed by atoms with E-state index in [9.17, 15) is 4.79 Å². The number of anilines is 1. The minimum atomic E-state index is -0.106. The number of nitrogens with zero attached hydrogens (tertiary/aromatic N) is 4. The zero-order valence-electron chi connectivity index (χ0n) is 11.1. The van der Waals surface area contributed by atoms with Crippen LogP contribution in [0.2, 0.25) is 0 Å². The number of carbonyl (C=O) groups excluding carboxylic acids is 1. The molecule has 0 bridgehead atoms. The third kappa shape index (κ3) is 3.12. The van der Waals surface area contributed by atoms with E-state index in [1.807, 2.05) is 14.0 Å². The first-order chi connectivity index (χ1) is 9.10. The Morgan fingerprint density at radius 1 is 1.47 bits per heavy atom. The van der Waals surface area contributed by atoms with Crippen LogP contribution in [0.5, 0.6) is 0 Å². The molecule has 7 heteroatoms. The van der Waals surface area contributed by atoms with Gasteiger partial charge >= 0.3 is 0 Å². The summed E-state index contributed by atoms with van der Waals surface area (Å²) in [5.74, 6) is -0.106. The van der Waals surface area contributed by atoms with Crippen LogP contribution in [0.1, 0.15) is 23.0 Å². The fourth-order valence-corrected chi connectivity index (χ4v) is 1.87. The van der Waals surface area contributed by atoms with Crippen LogP contribution in [0.4, 0.5) is 5.69 Å². The number of nitrogens with one attached hydrogen (secondary N) is 1. The van der Waals surface area contributed by atoms with Gasteiger partial charge in [-0.1, -0.05) is 6.92 Å². The number of aromatic nitrogens is 4. The first-order valence-electron chi connectivity index (χ1n) is 6.18.